The van der Waals surface area contributed by atoms with Gasteiger partial charge in [-0.2, -0.15) is 0 Å². The summed E-state index contributed by atoms with van der Waals surface area (Å²) in [7, 11) is 0. The van der Waals surface area contributed by atoms with Crippen molar-refractivity contribution in [3.8, 4) is 0 Å². The maximum atomic E-state index is 12.2. The van der Waals surface area contributed by atoms with Crippen LogP contribution in [0.1, 0.15) is 34.8 Å². The number of rotatable bonds is 9. The highest BCUT2D eigenvalue weighted by molar-refractivity contribution is 6.02. The van der Waals surface area contributed by atoms with Gasteiger partial charge in [0.25, 0.3) is 11.8 Å². The number of furan rings is 1. The van der Waals surface area contributed by atoms with E-state index in [0.29, 0.717) is 18.8 Å². The van der Waals surface area contributed by atoms with Gasteiger partial charge in [-0.3, -0.25) is 14.4 Å². The van der Waals surface area contributed by atoms with Crippen LogP contribution in [0.5, 0.6) is 0 Å². The molecule has 0 aliphatic carbocycles. The van der Waals surface area contributed by atoms with E-state index in [2.05, 4.69) is 10.6 Å². The Morgan fingerprint density at radius 3 is 2.38 bits per heavy atom. The van der Waals surface area contributed by atoms with Gasteiger partial charge in [-0.1, -0.05) is 0 Å². The monoisotopic (exact) mass is 401 g/mol. The van der Waals surface area contributed by atoms with Crippen molar-refractivity contribution in [2.75, 3.05) is 31.6 Å². The van der Waals surface area contributed by atoms with Gasteiger partial charge in [0.05, 0.1) is 18.4 Å². The van der Waals surface area contributed by atoms with E-state index < -0.39 is 24.4 Å². The van der Waals surface area contributed by atoms with Gasteiger partial charge in [0, 0.05) is 18.8 Å². The zero-order valence-corrected chi connectivity index (χ0v) is 16.3. The molecule has 0 aliphatic rings. The zero-order chi connectivity index (χ0) is 21.2. The van der Waals surface area contributed by atoms with Crippen LogP contribution in [0.25, 0.3) is 0 Å². The summed E-state index contributed by atoms with van der Waals surface area (Å²) < 4.78 is 10.0. The second kappa shape index (κ2) is 10.6. The van der Waals surface area contributed by atoms with Gasteiger partial charge in [-0.05, 0) is 50.2 Å². The summed E-state index contributed by atoms with van der Waals surface area (Å²) in [5.74, 6) is -1.67. The van der Waals surface area contributed by atoms with Crippen molar-refractivity contribution in [2.45, 2.75) is 13.8 Å². The molecule has 0 bridgehead atoms. The van der Waals surface area contributed by atoms with Crippen LogP contribution in [0.2, 0.25) is 0 Å². The van der Waals surface area contributed by atoms with Crippen LogP contribution in [-0.2, 0) is 14.3 Å². The number of carbonyl (C=O) groups excluding carboxylic acids is 4. The molecule has 0 unspecified atom stereocenters. The molecule has 0 spiro atoms. The van der Waals surface area contributed by atoms with Crippen molar-refractivity contribution < 1.29 is 28.3 Å². The Morgan fingerprint density at radius 1 is 1.07 bits per heavy atom. The highest BCUT2D eigenvalue weighted by Crippen LogP contribution is 2.12. The van der Waals surface area contributed by atoms with Crippen molar-refractivity contribution in [1.82, 2.24) is 10.2 Å². The van der Waals surface area contributed by atoms with Gasteiger partial charge in [0.15, 0.2) is 12.4 Å². The van der Waals surface area contributed by atoms with Gasteiger partial charge in [0.1, 0.15) is 0 Å². The molecule has 0 fully saturated rings. The number of benzene rings is 1. The Hall–Kier alpha value is -3.62. The predicted octanol–water partition coefficient (Wildman–Crippen LogP) is 1.67. The first kappa shape index (κ1) is 21.7. The van der Waals surface area contributed by atoms with E-state index in [0.717, 1.165) is 0 Å². The number of esters is 1. The summed E-state index contributed by atoms with van der Waals surface area (Å²) in [4.78, 5) is 49.1. The predicted molar refractivity (Wildman–Crippen MR) is 104 cm³/mol. The van der Waals surface area contributed by atoms with E-state index in [-0.39, 0.29) is 23.8 Å². The fraction of sp³-hybridized carbons (Fsp3) is 0.300. The zero-order valence-electron chi connectivity index (χ0n) is 16.3. The molecular weight excluding hydrogens is 378 g/mol. The number of nitrogens with zero attached hydrogens (tertiary/aromatic N) is 1. The van der Waals surface area contributed by atoms with Crippen molar-refractivity contribution in [2.24, 2.45) is 0 Å². The average molecular weight is 401 g/mol. The molecule has 1 heterocycles. The topological polar surface area (TPSA) is 118 Å². The van der Waals surface area contributed by atoms with Crippen molar-refractivity contribution in [3.63, 3.8) is 0 Å². The number of likely N-dealkylation sites (N-methyl/N-ethyl adjacent to an activating group) is 2. The van der Waals surface area contributed by atoms with E-state index in [1.54, 1.807) is 19.9 Å². The van der Waals surface area contributed by atoms with Crippen LogP contribution < -0.4 is 10.6 Å². The van der Waals surface area contributed by atoms with Gasteiger partial charge < -0.3 is 24.7 Å². The smallest absolute Gasteiger partial charge is 0.338 e. The number of nitrogens with one attached hydrogen (secondary N) is 2. The summed E-state index contributed by atoms with van der Waals surface area (Å²) >= 11 is 0. The molecule has 1 aromatic heterocycles. The van der Waals surface area contributed by atoms with E-state index in [9.17, 15) is 19.2 Å². The highest BCUT2D eigenvalue weighted by atomic mass is 16.5. The van der Waals surface area contributed by atoms with Gasteiger partial charge >= 0.3 is 5.97 Å². The van der Waals surface area contributed by atoms with Gasteiger partial charge in [-0.15, -0.1) is 0 Å². The molecule has 29 heavy (non-hydrogen) atoms. The Morgan fingerprint density at radius 2 is 1.79 bits per heavy atom. The lowest BCUT2D eigenvalue weighted by Gasteiger charge is -2.20. The maximum Gasteiger partial charge on any atom is 0.338 e. The molecular formula is C20H23N3O6. The van der Waals surface area contributed by atoms with Crippen LogP contribution in [0, 0.1) is 0 Å². The lowest BCUT2D eigenvalue weighted by Crippen LogP contribution is -2.42. The highest BCUT2D eigenvalue weighted by Gasteiger charge is 2.18. The quantitative estimate of drug-likeness (QED) is 0.617. The van der Waals surface area contributed by atoms with Crippen LogP contribution in [0.3, 0.4) is 0 Å². The molecule has 154 valence electrons. The number of ether oxygens (including phenoxy) is 1. The normalized spacial score (nSPS) is 10.1. The summed E-state index contributed by atoms with van der Waals surface area (Å²) in [5, 5.41) is 5.24. The lowest BCUT2D eigenvalue weighted by molar-refractivity contribution is -0.138. The van der Waals surface area contributed by atoms with Gasteiger partial charge in [0.2, 0.25) is 5.91 Å². The van der Waals surface area contributed by atoms with Gasteiger partial charge in [-0.25, -0.2) is 4.79 Å². The molecule has 0 radical (unpaired) electrons. The van der Waals surface area contributed by atoms with Crippen LogP contribution in [0.15, 0.2) is 47.1 Å². The molecule has 1 aromatic carbocycles. The number of hydrogen-bond donors (Lipinski definition) is 2. The third kappa shape index (κ3) is 6.49. The standard InChI is InChI=1S/C20H23N3O6/c1-3-21-17(24)12-23(4-2)18(25)13-29-20(27)14-7-9-15(10-8-14)22-19(26)16-6-5-11-28-16/h5-11H,3-4,12-13H2,1-2H3,(H,21,24)(H,22,26). The lowest BCUT2D eigenvalue weighted by atomic mass is 10.2. The fourth-order valence-electron chi connectivity index (χ4n) is 2.39. The van der Waals surface area contributed by atoms with Crippen LogP contribution in [0.4, 0.5) is 5.69 Å². The third-order valence-electron chi connectivity index (χ3n) is 3.89. The maximum absolute atomic E-state index is 12.2. The number of anilines is 1. The molecule has 0 atom stereocenters. The Balaban J connectivity index is 1.86. The SMILES string of the molecule is CCNC(=O)CN(CC)C(=O)COC(=O)c1ccc(NC(=O)c2ccco2)cc1. The summed E-state index contributed by atoms with van der Waals surface area (Å²) in [6.07, 6.45) is 1.39. The van der Waals surface area contributed by atoms with Crippen molar-refractivity contribution in [1.29, 1.82) is 0 Å². The molecule has 0 saturated heterocycles. The molecule has 2 N–H and O–H groups in total. The van der Waals surface area contributed by atoms with Crippen LogP contribution in [-0.4, -0.2) is 54.8 Å². The van der Waals surface area contributed by atoms with Crippen molar-refractivity contribution >= 4 is 29.4 Å². The summed E-state index contributed by atoms with van der Waals surface area (Å²) in [6.45, 7) is 3.74. The van der Waals surface area contributed by atoms with E-state index in [4.69, 9.17) is 9.15 Å². The first-order valence-corrected chi connectivity index (χ1v) is 9.11. The first-order valence-electron chi connectivity index (χ1n) is 9.11. The molecule has 0 saturated carbocycles. The summed E-state index contributed by atoms with van der Waals surface area (Å²) in [5.41, 5.74) is 0.693. The number of amides is 3. The minimum absolute atomic E-state index is 0.0925. The van der Waals surface area contributed by atoms with E-state index >= 15 is 0 Å². The molecule has 2 aromatic rings. The third-order valence-corrected chi connectivity index (χ3v) is 3.89. The summed E-state index contributed by atoms with van der Waals surface area (Å²) in [6, 6.07) is 9.14. The Bertz CT molecular complexity index is 846. The fourth-order valence-corrected chi connectivity index (χ4v) is 2.39. The second-order valence-corrected chi connectivity index (χ2v) is 5.95. The number of hydrogen-bond acceptors (Lipinski definition) is 6. The Labute approximate surface area is 168 Å². The molecule has 0 aliphatic heterocycles. The Kier molecular flexibility index (Phi) is 7.96. The van der Waals surface area contributed by atoms with E-state index in [1.165, 1.54) is 41.5 Å². The van der Waals surface area contributed by atoms with Crippen LogP contribution >= 0.6 is 0 Å². The molecule has 3 amide bonds. The number of carbonyl (C=O) groups is 4. The van der Waals surface area contributed by atoms with E-state index in [1.807, 2.05) is 0 Å². The van der Waals surface area contributed by atoms with Crippen molar-refractivity contribution in [3.05, 3.63) is 54.0 Å². The minimum Gasteiger partial charge on any atom is -0.459 e. The minimum atomic E-state index is -0.684. The first-order chi connectivity index (χ1) is 13.9. The molecule has 2 rings (SSSR count). The average Bonchev–Trinajstić information content (AvgIpc) is 3.26. The second-order valence-electron chi connectivity index (χ2n) is 5.95. The largest absolute Gasteiger partial charge is 0.459 e. The molecule has 9 nitrogen and oxygen atoms in total. The molecule has 9 heteroatoms.